The van der Waals surface area contributed by atoms with Gasteiger partial charge in [0.05, 0.1) is 19.3 Å². The highest BCUT2D eigenvalue weighted by atomic mass is 16.5. The zero-order valence-electron chi connectivity index (χ0n) is 20.7. The van der Waals surface area contributed by atoms with Gasteiger partial charge in [-0.05, 0) is 37.0 Å². The van der Waals surface area contributed by atoms with Crippen molar-refractivity contribution in [1.82, 2.24) is 16.0 Å². The van der Waals surface area contributed by atoms with Gasteiger partial charge in [0.1, 0.15) is 6.04 Å². The number of nitrogens with one attached hydrogen (secondary N) is 4. The molecule has 12 heteroatoms. The molecule has 2 unspecified atom stereocenters. The number of hydrogen-bond acceptors (Lipinski definition) is 9. The molecule has 2 heterocycles. The van der Waals surface area contributed by atoms with Crippen molar-refractivity contribution < 1.29 is 29.3 Å². The van der Waals surface area contributed by atoms with Crippen molar-refractivity contribution in [2.24, 2.45) is 16.8 Å². The Morgan fingerprint density at radius 3 is 2.64 bits per heavy atom. The van der Waals surface area contributed by atoms with Crippen LogP contribution in [-0.2, 0) is 14.3 Å². The van der Waals surface area contributed by atoms with E-state index in [-0.39, 0.29) is 30.9 Å². The molecule has 1 aromatic carbocycles. The first-order chi connectivity index (χ1) is 17.2. The van der Waals surface area contributed by atoms with E-state index in [0.29, 0.717) is 45.0 Å². The molecule has 0 radical (unpaired) electrons. The van der Waals surface area contributed by atoms with E-state index in [4.69, 9.17) is 4.74 Å². The summed E-state index contributed by atoms with van der Waals surface area (Å²) < 4.78 is 4.96. The van der Waals surface area contributed by atoms with Crippen LogP contribution in [0.2, 0.25) is 0 Å². The second-order valence-electron chi connectivity index (χ2n) is 9.43. The summed E-state index contributed by atoms with van der Waals surface area (Å²) in [7, 11) is 0. The Morgan fingerprint density at radius 2 is 2.00 bits per heavy atom. The fourth-order valence-electron chi connectivity index (χ4n) is 3.91. The number of aliphatic imine (C=N–C) groups is 1. The second kappa shape index (κ2) is 13.0. The summed E-state index contributed by atoms with van der Waals surface area (Å²) in [4.78, 5) is 42.4. The third kappa shape index (κ3) is 8.29. The standard InChI is InChI=1S/C24H36N6O6/c1-15(2)14-36-24(35)29-20(22(33)34)13-25-21(32)16-6-8-30(9-7-16)18-5-3-4-17(10-18)28-23-26-11-19(31)12-27-23/h3-5,10,15-16,19-20,31H,6-9,11-14H2,1-2H3,(H,25,32)(H,29,35)(H,33,34)(H2,26,27,28). The van der Waals surface area contributed by atoms with Gasteiger partial charge in [-0.1, -0.05) is 19.9 Å². The molecule has 36 heavy (non-hydrogen) atoms. The largest absolute Gasteiger partial charge is 0.480 e. The molecule has 2 amide bonds. The summed E-state index contributed by atoms with van der Waals surface area (Å²) in [5.41, 5.74) is 1.89. The van der Waals surface area contributed by atoms with E-state index in [9.17, 15) is 24.6 Å². The lowest BCUT2D eigenvalue weighted by molar-refractivity contribution is -0.139. The number of carbonyl (C=O) groups excluding carboxylic acids is 2. The lowest BCUT2D eigenvalue weighted by atomic mass is 9.95. The number of aliphatic hydroxyl groups is 1. The lowest BCUT2D eigenvalue weighted by Gasteiger charge is -2.33. The number of amides is 2. The number of carboxylic acid groups (broad SMARTS) is 1. The maximum absolute atomic E-state index is 12.7. The minimum Gasteiger partial charge on any atom is -0.480 e. The number of β-amino-alcohol motifs (C(OH)–C–C–N with tert-alkyl or cyclic N) is 1. The van der Waals surface area contributed by atoms with E-state index in [1.807, 2.05) is 38.1 Å². The van der Waals surface area contributed by atoms with Gasteiger partial charge in [0.15, 0.2) is 5.96 Å². The van der Waals surface area contributed by atoms with Crippen molar-refractivity contribution >= 4 is 35.3 Å². The number of rotatable bonds is 9. The van der Waals surface area contributed by atoms with Crippen molar-refractivity contribution in [3.05, 3.63) is 24.3 Å². The maximum Gasteiger partial charge on any atom is 0.407 e. The molecule has 1 aromatic rings. The first-order valence-electron chi connectivity index (χ1n) is 12.2. The fourth-order valence-corrected chi connectivity index (χ4v) is 3.91. The predicted octanol–water partition coefficient (Wildman–Crippen LogP) is 0.587. The number of ether oxygens (including phenoxy) is 1. The van der Waals surface area contributed by atoms with Crippen molar-refractivity contribution in [3.8, 4) is 0 Å². The third-order valence-corrected chi connectivity index (χ3v) is 5.92. The lowest BCUT2D eigenvalue weighted by Crippen LogP contribution is -2.50. The molecule has 0 saturated carbocycles. The van der Waals surface area contributed by atoms with Crippen LogP contribution in [0.5, 0.6) is 0 Å². The van der Waals surface area contributed by atoms with Gasteiger partial charge >= 0.3 is 12.1 Å². The summed E-state index contributed by atoms with van der Waals surface area (Å²) >= 11 is 0. The summed E-state index contributed by atoms with van der Waals surface area (Å²) in [6.45, 7) is 5.87. The Hall–Kier alpha value is -3.54. The van der Waals surface area contributed by atoms with E-state index in [2.05, 4.69) is 31.2 Å². The molecule has 12 nitrogen and oxygen atoms in total. The monoisotopic (exact) mass is 504 g/mol. The summed E-state index contributed by atoms with van der Waals surface area (Å²) in [5.74, 6) is -0.961. The summed E-state index contributed by atoms with van der Waals surface area (Å²) in [5, 5.41) is 30.1. The highest BCUT2D eigenvalue weighted by Gasteiger charge is 2.27. The minimum atomic E-state index is -1.27. The number of piperidine rings is 1. The first-order valence-corrected chi connectivity index (χ1v) is 12.2. The number of hydrogen-bond donors (Lipinski definition) is 6. The molecular formula is C24H36N6O6. The molecule has 2 aliphatic rings. The molecule has 0 bridgehead atoms. The zero-order chi connectivity index (χ0) is 26.1. The number of aliphatic hydroxyl groups excluding tert-OH is 1. The van der Waals surface area contributed by atoms with Crippen LogP contribution in [0.1, 0.15) is 26.7 Å². The van der Waals surface area contributed by atoms with Gasteiger partial charge in [0, 0.05) is 43.5 Å². The SMILES string of the molecule is CC(C)COC(=O)NC(CNC(=O)C1CCN(c2cccc(NC3=NCC(O)CN3)c2)CC1)C(=O)O. The van der Waals surface area contributed by atoms with Gasteiger partial charge in [-0.3, -0.25) is 9.79 Å². The summed E-state index contributed by atoms with van der Waals surface area (Å²) in [6.07, 6.45) is -0.0497. The molecule has 6 N–H and O–H groups in total. The third-order valence-electron chi connectivity index (χ3n) is 5.92. The number of benzene rings is 1. The predicted molar refractivity (Wildman–Crippen MR) is 135 cm³/mol. The van der Waals surface area contributed by atoms with Crippen LogP contribution in [0, 0.1) is 11.8 Å². The Labute approximate surface area is 210 Å². The molecular weight excluding hydrogens is 468 g/mol. The molecule has 0 aromatic heterocycles. The van der Waals surface area contributed by atoms with Crippen molar-refractivity contribution in [1.29, 1.82) is 0 Å². The molecule has 198 valence electrons. The Bertz CT molecular complexity index is 947. The number of nitrogens with zero attached hydrogens (tertiary/aromatic N) is 2. The van der Waals surface area contributed by atoms with Gasteiger partial charge in [0.2, 0.25) is 5.91 Å². The number of carboxylic acids is 1. The number of anilines is 2. The van der Waals surface area contributed by atoms with Crippen LogP contribution >= 0.6 is 0 Å². The molecule has 0 aliphatic carbocycles. The van der Waals surface area contributed by atoms with Crippen LogP contribution in [0.4, 0.5) is 16.2 Å². The zero-order valence-corrected chi connectivity index (χ0v) is 20.7. The van der Waals surface area contributed by atoms with Crippen molar-refractivity contribution in [2.45, 2.75) is 38.8 Å². The van der Waals surface area contributed by atoms with E-state index in [1.165, 1.54) is 0 Å². The van der Waals surface area contributed by atoms with Gasteiger partial charge in [-0.2, -0.15) is 0 Å². The average molecular weight is 505 g/mol. The maximum atomic E-state index is 12.7. The molecule has 1 fully saturated rings. The van der Waals surface area contributed by atoms with Crippen LogP contribution in [0.3, 0.4) is 0 Å². The van der Waals surface area contributed by atoms with E-state index >= 15 is 0 Å². The van der Waals surface area contributed by atoms with Crippen molar-refractivity contribution in [3.63, 3.8) is 0 Å². The number of carbonyl (C=O) groups is 3. The highest BCUT2D eigenvalue weighted by molar-refractivity contribution is 5.94. The topological polar surface area (TPSA) is 165 Å². The number of aliphatic carboxylic acids is 1. The fraction of sp³-hybridized carbons (Fsp3) is 0.583. The highest BCUT2D eigenvalue weighted by Crippen LogP contribution is 2.25. The van der Waals surface area contributed by atoms with E-state index in [0.717, 1.165) is 11.4 Å². The normalized spacial score (nSPS) is 19.1. The Kier molecular flexibility index (Phi) is 9.74. The van der Waals surface area contributed by atoms with E-state index < -0.39 is 24.2 Å². The first kappa shape index (κ1) is 27.1. The van der Waals surface area contributed by atoms with E-state index in [1.54, 1.807) is 0 Å². The van der Waals surface area contributed by atoms with Crippen LogP contribution in [-0.4, -0.2) is 85.6 Å². The summed E-state index contributed by atoms with van der Waals surface area (Å²) in [6, 6.07) is 6.63. The smallest absolute Gasteiger partial charge is 0.407 e. The van der Waals surface area contributed by atoms with Gasteiger partial charge < -0.3 is 41.1 Å². The van der Waals surface area contributed by atoms with Gasteiger partial charge in [-0.25, -0.2) is 9.59 Å². The molecule has 3 rings (SSSR count). The van der Waals surface area contributed by atoms with Gasteiger partial charge in [-0.15, -0.1) is 0 Å². The average Bonchev–Trinajstić information content (AvgIpc) is 2.86. The molecule has 1 saturated heterocycles. The number of alkyl carbamates (subject to hydrolysis) is 1. The van der Waals surface area contributed by atoms with Gasteiger partial charge in [0.25, 0.3) is 0 Å². The quantitative estimate of drug-likeness (QED) is 0.282. The second-order valence-corrected chi connectivity index (χ2v) is 9.43. The van der Waals surface area contributed by atoms with Crippen LogP contribution in [0.15, 0.2) is 29.3 Å². The minimum absolute atomic E-state index is 0.127. The van der Waals surface area contributed by atoms with Crippen LogP contribution in [0.25, 0.3) is 0 Å². The van der Waals surface area contributed by atoms with Crippen LogP contribution < -0.4 is 26.2 Å². The Morgan fingerprint density at radius 1 is 1.25 bits per heavy atom. The molecule has 2 atom stereocenters. The molecule has 0 spiro atoms. The van der Waals surface area contributed by atoms with Crippen molar-refractivity contribution in [2.75, 3.05) is 49.5 Å². The Balaban J connectivity index is 1.45. The number of guanidine groups is 1. The molecule has 2 aliphatic heterocycles.